The van der Waals surface area contributed by atoms with Crippen LogP contribution in [0.2, 0.25) is 0 Å². The highest BCUT2D eigenvalue weighted by Crippen LogP contribution is 2.51. The molecule has 1 amide bonds. The number of halogens is 1. The minimum atomic E-state index is -0.422. The second kappa shape index (κ2) is 10.7. The Morgan fingerprint density at radius 2 is 1.71 bits per heavy atom. The van der Waals surface area contributed by atoms with Crippen molar-refractivity contribution in [1.82, 2.24) is 19.7 Å². The number of ether oxygens (including phenoxy) is 1. The fourth-order valence-corrected chi connectivity index (χ4v) is 9.15. The number of nitrogens with one attached hydrogen (secondary N) is 1. The van der Waals surface area contributed by atoms with Gasteiger partial charge < -0.3 is 24.4 Å². The summed E-state index contributed by atoms with van der Waals surface area (Å²) in [6.07, 6.45) is 10.1. The van der Waals surface area contributed by atoms with Gasteiger partial charge in [-0.2, -0.15) is 0 Å². The van der Waals surface area contributed by atoms with Crippen molar-refractivity contribution in [3.63, 3.8) is 0 Å². The Morgan fingerprint density at radius 1 is 0.933 bits per heavy atom. The van der Waals surface area contributed by atoms with Gasteiger partial charge in [0.15, 0.2) is 11.5 Å². The number of pyridine rings is 1. The van der Waals surface area contributed by atoms with Gasteiger partial charge in [0.1, 0.15) is 16.9 Å². The van der Waals surface area contributed by atoms with E-state index in [1.807, 2.05) is 45.9 Å². The van der Waals surface area contributed by atoms with Gasteiger partial charge in [0, 0.05) is 36.9 Å². The zero-order chi connectivity index (χ0) is 30.2. The van der Waals surface area contributed by atoms with E-state index < -0.39 is 11.2 Å². The summed E-state index contributed by atoms with van der Waals surface area (Å²) >= 11 is 0. The Hall–Kier alpha value is -3.75. The number of aromatic nitrogens is 1. The molecule has 5 aliphatic rings. The molecule has 0 spiro atoms. The van der Waals surface area contributed by atoms with Crippen LogP contribution in [-0.4, -0.2) is 65.1 Å². The lowest BCUT2D eigenvalue weighted by atomic mass is 9.91. The number of hydrogen-bond donors (Lipinski definition) is 1. The highest BCUT2D eigenvalue weighted by atomic mass is 19.1. The summed E-state index contributed by atoms with van der Waals surface area (Å²) in [4.78, 5) is 32.6. The maximum Gasteiger partial charge on any atom is 0.259 e. The highest BCUT2D eigenvalue weighted by molar-refractivity contribution is 6.00. The number of rotatable bonds is 3. The van der Waals surface area contributed by atoms with Crippen molar-refractivity contribution < 1.29 is 13.9 Å². The summed E-state index contributed by atoms with van der Waals surface area (Å²) in [5, 5.41) is 5.90. The lowest BCUT2D eigenvalue weighted by molar-refractivity contribution is 0.0643. The van der Waals surface area contributed by atoms with Gasteiger partial charge >= 0.3 is 0 Å². The average molecular weight is 607 g/mol. The number of benzene rings is 3. The third-order valence-corrected chi connectivity index (χ3v) is 11.4. The fraction of sp³-hybridized carbons (Fsp3) is 0.459. The maximum absolute atomic E-state index is 16.4. The molecule has 7 nitrogen and oxygen atoms in total. The zero-order valence-electron chi connectivity index (χ0n) is 25.6. The molecule has 1 saturated carbocycles. The van der Waals surface area contributed by atoms with Crippen molar-refractivity contribution in [3.05, 3.63) is 75.8 Å². The van der Waals surface area contributed by atoms with E-state index in [2.05, 4.69) is 10.2 Å². The number of likely N-dealkylation sites (tertiary alicyclic amines) is 2. The molecule has 4 aliphatic heterocycles. The molecular formula is C37H39FN4O3. The molecule has 3 unspecified atom stereocenters. The van der Waals surface area contributed by atoms with Crippen LogP contribution in [0.3, 0.4) is 0 Å². The highest BCUT2D eigenvalue weighted by Gasteiger charge is 2.41. The van der Waals surface area contributed by atoms with Crippen LogP contribution in [0.25, 0.3) is 27.4 Å². The van der Waals surface area contributed by atoms with Crippen molar-refractivity contribution in [2.75, 3.05) is 32.7 Å². The Morgan fingerprint density at radius 3 is 2.49 bits per heavy atom. The van der Waals surface area contributed by atoms with Crippen LogP contribution in [-0.2, 0) is 0 Å². The largest absolute Gasteiger partial charge is 0.452 e. The number of carbonyl (C=O) groups is 1. The molecule has 9 rings (SSSR count). The number of amides is 1. The Kier molecular flexibility index (Phi) is 6.53. The first-order chi connectivity index (χ1) is 22.0. The predicted octanol–water partition coefficient (Wildman–Crippen LogP) is 6.33. The molecule has 232 valence electrons. The van der Waals surface area contributed by atoms with Crippen molar-refractivity contribution >= 4 is 27.6 Å². The summed E-state index contributed by atoms with van der Waals surface area (Å²) in [5.74, 6) is 0.869. The van der Waals surface area contributed by atoms with Crippen molar-refractivity contribution in [2.45, 2.75) is 69.4 Å². The number of carbonyl (C=O) groups excluding carboxylic acids is 1. The van der Waals surface area contributed by atoms with Crippen molar-refractivity contribution in [2.24, 2.45) is 5.92 Å². The Labute approximate surface area is 261 Å². The van der Waals surface area contributed by atoms with Gasteiger partial charge in [-0.3, -0.25) is 9.59 Å². The molecule has 3 saturated heterocycles. The number of piperidine rings is 2. The minimum absolute atomic E-state index is 0.00577. The van der Waals surface area contributed by atoms with Crippen LogP contribution in [0.5, 0.6) is 11.5 Å². The minimum Gasteiger partial charge on any atom is -0.452 e. The van der Waals surface area contributed by atoms with Crippen molar-refractivity contribution in [3.8, 4) is 17.2 Å². The molecule has 1 aliphatic carbocycles. The van der Waals surface area contributed by atoms with E-state index in [0.717, 1.165) is 74.6 Å². The molecule has 3 aromatic carbocycles. The van der Waals surface area contributed by atoms with E-state index in [9.17, 15) is 9.59 Å². The molecule has 1 N–H and O–H groups in total. The lowest BCUT2D eigenvalue weighted by Crippen LogP contribution is -2.46. The third kappa shape index (κ3) is 4.43. The zero-order valence-corrected chi connectivity index (χ0v) is 25.6. The average Bonchev–Trinajstić information content (AvgIpc) is 3.76. The topological polar surface area (TPSA) is 66.8 Å². The number of hydrogen-bond acceptors (Lipinski definition) is 5. The molecule has 45 heavy (non-hydrogen) atoms. The van der Waals surface area contributed by atoms with E-state index in [1.165, 1.54) is 18.9 Å². The summed E-state index contributed by atoms with van der Waals surface area (Å²) in [6, 6.07) is 14.4. The first-order valence-electron chi connectivity index (χ1n) is 16.9. The first-order valence-corrected chi connectivity index (χ1v) is 16.9. The Bertz CT molecular complexity index is 1890. The third-order valence-electron chi connectivity index (χ3n) is 11.4. The van der Waals surface area contributed by atoms with Crippen LogP contribution in [0, 0.1) is 11.7 Å². The molecular weight excluding hydrogens is 567 g/mol. The van der Waals surface area contributed by atoms with E-state index in [0.29, 0.717) is 53.7 Å². The summed E-state index contributed by atoms with van der Waals surface area (Å²) in [7, 11) is 0. The molecule has 3 atom stereocenters. The fourth-order valence-electron chi connectivity index (χ4n) is 9.15. The van der Waals surface area contributed by atoms with Crippen LogP contribution in [0.15, 0.2) is 53.5 Å². The molecule has 8 heteroatoms. The van der Waals surface area contributed by atoms with Gasteiger partial charge in [-0.05, 0) is 112 Å². The van der Waals surface area contributed by atoms with Gasteiger partial charge in [0.2, 0.25) is 5.43 Å². The quantitative estimate of drug-likeness (QED) is 0.260. The predicted molar refractivity (Wildman–Crippen MR) is 173 cm³/mol. The van der Waals surface area contributed by atoms with Crippen LogP contribution >= 0.6 is 0 Å². The molecule has 0 radical (unpaired) electrons. The van der Waals surface area contributed by atoms with Gasteiger partial charge in [-0.15, -0.1) is 0 Å². The number of fused-ring (bicyclic) bond motifs is 4. The molecule has 1 aromatic heterocycles. The number of nitrogens with zero attached hydrogens (tertiary/aromatic N) is 3. The Balaban J connectivity index is 1.17. The molecule has 4 fully saturated rings. The lowest BCUT2D eigenvalue weighted by Gasteiger charge is -2.36. The smallest absolute Gasteiger partial charge is 0.259 e. The SMILES string of the molecule is O=C(c1cn2c3c(c(C4CC5CCCNC5C4)c(F)cc3c1=O)Oc1cc3ccccc3cc1-2)N1CCC(N2CCCC2)CC1. The van der Waals surface area contributed by atoms with Gasteiger partial charge in [-0.1, -0.05) is 24.3 Å². The van der Waals surface area contributed by atoms with Crippen molar-refractivity contribution in [1.29, 1.82) is 0 Å². The standard InChI is InChI=1S/C37H39FN4O3/c38-29-20-27-34-36(33(29)25-16-24-8-5-11-39-30(24)17-25)45-32-19-23-7-2-1-6-22(23)18-31(32)42(34)21-28(35(27)43)37(44)41-14-9-26(10-15-41)40-12-3-4-13-40/h1-2,6-7,18-21,24-26,30,39H,3-5,8-17H2. The molecule has 4 aromatic rings. The van der Waals surface area contributed by atoms with Gasteiger partial charge in [0.25, 0.3) is 5.91 Å². The van der Waals surface area contributed by atoms with E-state index in [4.69, 9.17) is 4.74 Å². The van der Waals surface area contributed by atoms with Gasteiger partial charge in [0.05, 0.1) is 11.1 Å². The second-order valence-corrected chi connectivity index (χ2v) is 13.9. The maximum atomic E-state index is 16.4. The van der Waals surface area contributed by atoms with Crippen LogP contribution in [0.1, 0.15) is 73.2 Å². The van der Waals surface area contributed by atoms with E-state index in [-0.39, 0.29) is 22.8 Å². The normalized spacial score (nSPS) is 25.0. The van der Waals surface area contributed by atoms with Crippen LogP contribution in [0.4, 0.5) is 4.39 Å². The summed E-state index contributed by atoms with van der Waals surface area (Å²) in [5.41, 5.74) is 1.55. The summed E-state index contributed by atoms with van der Waals surface area (Å²) in [6.45, 7) is 4.53. The summed E-state index contributed by atoms with van der Waals surface area (Å²) < 4.78 is 25.0. The second-order valence-electron chi connectivity index (χ2n) is 13.9. The van der Waals surface area contributed by atoms with Gasteiger partial charge in [-0.25, -0.2) is 4.39 Å². The van der Waals surface area contributed by atoms with E-state index in [1.54, 1.807) is 6.20 Å². The monoisotopic (exact) mass is 606 g/mol. The van der Waals surface area contributed by atoms with Crippen LogP contribution < -0.4 is 15.5 Å². The molecule has 0 bridgehead atoms. The first kappa shape index (κ1) is 27.6. The van der Waals surface area contributed by atoms with E-state index >= 15 is 4.39 Å². The molecule has 5 heterocycles.